The number of hydrogen-bond donors (Lipinski definition) is 0. The van der Waals surface area contributed by atoms with Crippen molar-refractivity contribution in [1.82, 2.24) is 4.57 Å². The molecule has 0 radical (unpaired) electrons. The van der Waals surface area contributed by atoms with Crippen LogP contribution in [0.5, 0.6) is 0 Å². The van der Waals surface area contributed by atoms with Gasteiger partial charge in [0.15, 0.2) is 0 Å². The van der Waals surface area contributed by atoms with Crippen molar-refractivity contribution in [3.63, 3.8) is 0 Å². The number of aromatic nitrogens is 1. The van der Waals surface area contributed by atoms with Gasteiger partial charge in [-0.05, 0) is 34.5 Å². The molecule has 0 saturated carbocycles. The average molecular weight is 359 g/mol. The summed E-state index contributed by atoms with van der Waals surface area (Å²) >= 11 is 0. The van der Waals surface area contributed by atoms with E-state index in [4.69, 9.17) is 4.74 Å². The maximum atomic E-state index is 13.8. The van der Waals surface area contributed by atoms with Gasteiger partial charge < -0.3 is 9.30 Å². The van der Waals surface area contributed by atoms with Crippen molar-refractivity contribution in [3.05, 3.63) is 83.3 Å². The molecule has 0 N–H and O–H groups in total. The van der Waals surface area contributed by atoms with Crippen molar-refractivity contribution < 1.29 is 18.7 Å². The quantitative estimate of drug-likeness (QED) is 0.398. The minimum atomic E-state index is -0.682. The van der Waals surface area contributed by atoms with Crippen LogP contribution in [0.3, 0.4) is 0 Å². The van der Waals surface area contributed by atoms with Crippen molar-refractivity contribution >= 4 is 33.6 Å². The zero-order chi connectivity index (χ0) is 18.5. The lowest BCUT2D eigenvalue weighted by atomic mass is 10.0. The predicted octanol–water partition coefficient (Wildman–Crippen LogP) is 4.22. The molecule has 4 aromatic rings. The Hall–Kier alpha value is -3.47. The van der Waals surface area contributed by atoms with Crippen LogP contribution in [0.4, 0.5) is 4.39 Å². The SMILES string of the molecule is O=C1Cc2c(n(Cc3cccc4ccccc34)c3ccc(F)cc23)C(=O)O1. The zero-order valence-corrected chi connectivity index (χ0v) is 14.2. The second-order valence-electron chi connectivity index (χ2n) is 6.65. The van der Waals surface area contributed by atoms with E-state index in [9.17, 15) is 14.0 Å². The Morgan fingerprint density at radius 3 is 2.67 bits per heavy atom. The van der Waals surface area contributed by atoms with Crippen molar-refractivity contribution in [1.29, 1.82) is 0 Å². The van der Waals surface area contributed by atoms with Crippen molar-refractivity contribution in [3.8, 4) is 0 Å². The first-order valence-electron chi connectivity index (χ1n) is 8.64. The molecule has 2 heterocycles. The highest BCUT2D eigenvalue weighted by atomic mass is 19.1. The van der Waals surface area contributed by atoms with E-state index in [0.717, 1.165) is 16.3 Å². The molecule has 0 fully saturated rings. The van der Waals surface area contributed by atoms with Crippen molar-refractivity contribution in [2.75, 3.05) is 0 Å². The summed E-state index contributed by atoms with van der Waals surface area (Å²) in [5.74, 6) is -1.70. The Bertz CT molecular complexity index is 1250. The maximum absolute atomic E-state index is 13.8. The number of hydrogen-bond acceptors (Lipinski definition) is 3. The molecule has 5 heteroatoms. The van der Waals surface area contributed by atoms with Crippen LogP contribution in [0.1, 0.15) is 21.6 Å². The van der Waals surface area contributed by atoms with E-state index in [0.29, 0.717) is 28.7 Å². The fourth-order valence-electron chi connectivity index (χ4n) is 3.91. The number of rotatable bonds is 2. The summed E-state index contributed by atoms with van der Waals surface area (Å²) < 4.78 is 20.5. The molecule has 27 heavy (non-hydrogen) atoms. The molecule has 0 unspecified atom stereocenters. The first-order chi connectivity index (χ1) is 13.1. The monoisotopic (exact) mass is 359 g/mol. The van der Waals surface area contributed by atoms with E-state index in [1.54, 1.807) is 6.07 Å². The highest BCUT2D eigenvalue weighted by molar-refractivity contribution is 6.07. The minimum Gasteiger partial charge on any atom is -0.388 e. The number of ether oxygens (including phenoxy) is 1. The molecular formula is C22H14FNO3. The highest BCUT2D eigenvalue weighted by Gasteiger charge is 2.32. The Morgan fingerprint density at radius 1 is 0.963 bits per heavy atom. The van der Waals surface area contributed by atoms with Gasteiger partial charge in [0.1, 0.15) is 11.5 Å². The molecule has 0 aliphatic carbocycles. The number of benzene rings is 3. The number of esters is 2. The van der Waals surface area contributed by atoms with E-state index >= 15 is 0 Å². The number of nitrogens with zero attached hydrogens (tertiary/aromatic N) is 1. The molecule has 0 amide bonds. The summed E-state index contributed by atoms with van der Waals surface area (Å²) in [6.07, 6.45) is -0.0381. The zero-order valence-electron chi connectivity index (χ0n) is 14.2. The molecule has 0 bridgehead atoms. The van der Waals surface area contributed by atoms with Crippen LogP contribution in [-0.4, -0.2) is 16.5 Å². The first kappa shape index (κ1) is 15.8. The maximum Gasteiger partial charge on any atom is 0.362 e. The van der Waals surface area contributed by atoms with Crippen LogP contribution >= 0.6 is 0 Å². The Labute approximate surface area is 153 Å². The fraction of sp³-hybridized carbons (Fsp3) is 0.0909. The minimum absolute atomic E-state index is 0.0381. The average Bonchev–Trinajstić information content (AvgIpc) is 2.95. The third-order valence-electron chi connectivity index (χ3n) is 5.06. The van der Waals surface area contributed by atoms with Crippen LogP contribution in [0, 0.1) is 5.82 Å². The largest absolute Gasteiger partial charge is 0.388 e. The number of halogens is 1. The molecule has 0 atom stereocenters. The number of carbonyl (C=O) groups excluding carboxylic acids is 2. The summed E-state index contributed by atoms with van der Waals surface area (Å²) in [5.41, 5.74) is 2.59. The summed E-state index contributed by atoms with van der Waals surface area (Å²) in [6.45, 7) is 0.419. The van der Waals surface area contributed by atoms with E-state index in [2.05, 4.69) is 0 Å². The van der Waals surface area contributed by atoms with Gasteiger partial charge in [0.25, 0.3) is 0 Å². The van der Waals surface area contributed by atoms with Crippen LogP contribution in [0.25, 0.3) is 21.7 Å². The van der Waals surface area contributed by atoms with Gasteiger partial charge >= 0.3 is 11.9 Å². The van der Waals surface area contributed by atoms with Crippen molar-refractivity contribution in [2.45, 2.75) is 13.0 Å². The Morgan fingerprint density at radius 2 is 1.78 bits per heavy atom. The molecule has 4 nitrogen and oxygen atoms in total. The lowest BCUT2D eigenvalue weighted by molar-refractivity contribution is -0.137. The molecule has 1 aromatic heterocycles. The lowest BCUT2D eigenvalue weighted by Crippen LogP contribution is -2.25. The van der Waals surface area contributed by atoms with Gasteiger partial charge in [0, 0.05) is 23.0 Å². The van der Waals surface area contributed by atoms with Gasteiger partial charge in [-0.1, -0.05) is 42.5 Å². The van der Waals surface area contributed by atoms with Gasteiger partial charge in [-0.15, -0.1) is 0 Å². The lowest BCUT2D eigenvalue weighted by Gasteiger charge is -2.15. The summed E-state index contributed by atoms with van der Waals surface area (Å²) in [6, 6.07) is 18.4. The van der Waals surface area contributed by atoms with Crippen LogP contribution in [0.2, 0.25) is 0 Å². The Balaban J connectivity index is 1.77. The van der Waals surface area contributed by atoms with Crippen LogP contribution in [0.15, 0.2) is 60.7 Å². The van der Waals surface area contributed by atoms with E-state index in [1.165, 1.54) is 12.1 Å². The molecule has 132 valence electrons. The highest BCUT2D eigenvalue weighted by Crippen LogP contribution is 2.32. The first-order valence-corrected chi connectivity index (χ1v) is 8.64. The fourth-order valence-corrected chi connectivity index (χ4v) is 3.91. The third kappa shape index (κ3) is 2.43. The number of carbonyl (C=O) groups is 2. The topological polar surface area (TPSA) is 48.3 Å². The molecule has 5 rings (SSSR count). The standard InChI is InChI=1S/C22H14FNO3/c23-15-8-9-19-17(10-15)18-11-20(25)27-22(26)21(18)24(19)12-14-6-3-5-13-4-1-2-7-16(13)14/h1-10H,11-12H2. The van der Waals surface area contributed by atoms with E-state index in [1.807, 2.05) is 47.0 Å². The summed E-state index contributed by atoms with van der Waals surface area (Å²) in [5, 5.41) is 2.76. The van der Waals surface area contributed by atoms with Crippen LogP contribution in [-0.2, 0) is 22.5 Å². The molecule has 3 aromatic carbocycles. The Kier molecular flexibility index (Phi) is 3.37. The van der Waals surface area contributed by atoms with Gasteiger partial charge in [0.2, 0.25) is 0 Å². The summed E-state index contributed by atoms with van der Waals surface area (Å²) in [4.78, 5) is 24.2. The normalized spacial score (nSPS) is 13.8. The van der Waals surface area contributed by atoms with Gasteiger partial charge in [0.05, 0.1) is 6.42 Å². The molecule has 0 saturated heterocycles. The molecular weight excluding hydrogens is 345 g/mol. The predicted molar refractivity (Wildman–Crippen MR) is 99.1 cm³/mol. The molecule has 1 aliphatic rings. The van der Waals surface area contributed by atoms with E-state index < -0.39 is 17.8 Å². The molecule has 1 aliphatic heterocycles. The third-order valence-corrected chi connectivity index (χ3v) is 5.06. The smallest absolute Gasteiger partial charge is 0.362 e. The molecule has 0 spiro atoms. The van der Waals surface area contributed by atoms with Gasteiger partial charge in [-0.3, -0.25) is 4.79 Å². The second kappa shape index (κ2) is 5.77. The van der Waals surface area contributed by atoms with Crippen LogP contribution < -0.4 is 0 Å². The van der Waals surface area contributed by atoms with Gasteiger partial charge in [-0.25, -0.2) is 9.18 Å². The second-order valence-corrected chi connectivity index (χ2v) is 6.65. The van der Waals surface area contributed by atoms with E-state index in [-0.39, 0.29) is 6.42 Å². The number of fused-ring (bicyclic) bond motifs is 4. The van der Waals surface area contributed by atoms with Gasteiger partial charge in [-0.2, -0.15) is 0 Å². The summed E-state index contributed by atoms with van der Waals surface area (Å²) in [7, 11) is 0. The number of cyclic esters (lactones) is 2. The van der Waals surface area contributed by atoms with Crippen molar-refractivity contribution in [2.24, 2.45) is 0 Å².